The van der Waals surface area contributed by atoms with Gasteiger partial charge in [0.2, 0.25) is 0 Å². The molecule has 0 aliphatic heterocycles. The fourth-order valence-corrected chi connectivity index (χ4v) is 8.40. The van der Waals surface area contributed by atoms with Crippen molar-refractivity contribution in [2.75, 3.05) is 4.90 Å². The highest BCUT2D eigenvalue weighted by molar-refractivity contribution is 6.06. The number of fused-ring (bicyclic) bond motifs is 3. The Labute approximate surface area is 267 Å². The van der Waals surface area contributed by atoms with Crippen molar-refractivity contribution in [3.63, 3.8) is 0 Å². The first kappa shape index (κ1) is 28.2. The van der Waals surface area contributed by atoms with E-state index in [-0.39, 0.29) is 5.41 Å². The molecule has 2 aliphatic rings. The zero-order chi connectivity index (χ0) is 30.1. The molecule has 2 saturated carbocycles. The van der Waals surface area contributed by atoms with Crippen LogP contribution < -0.4 is 4.90 Å². The zero-order valence-corrected chi connectivity index (χ0v) is 26.3. The normalized spacial score (nSPS) is 17.3. The molecule has 0 amide bonds. The number of hydrogen-bond donors (Lipinski definition) is 0. The van der Waals surface area contributed by atoms with Crippen molar-refractivity contribution in [2.24, 2.45) is 0 Å². The standard InChI is InChI=1S/C43H43NO/c1-2-12-30-43(29-11-1,34-15-7-4-8-16-34)35-21-25-37(26-22-35)44(36-23-19-33(20-24-36)32-13-5-3-6-14-32)38-27-28-40-39-17-9-10-18-41(39)45-42(40)31-38/h4,7-10,15-28,31-32H,1-3,5-6,11-14,29-30H2. The maximum atomic E-state index is 6.36. The number of furan rings is 1. The van der Waals surface area contributed by atoms with Gasteiger partial charge in [0.05, 0.1) is 0 Å². The van der Waals surface area contributed by atoms with Gasteiger partial charge in [0.15, 0.2) is 0 Å². The Morgan fingerprint density at radius 1 is 0.489 bits per heavy atom. The first-order valence-corrected chi connectivity index (χ1v) is 17.3. The third-order valence-electron chi connectivity index (χ3n) is 10.8. The van der Waals surface area contributed by atoms with E-state index < -0.39 is 0 Å². The van der Waals surface area contributed by atoms with E-state index in [0.717, 1.165) is 22.2 Å². The van der Waals surface area contributed by atoms with Gasteiger partial charge >= 0.3 is 0 Å². The minimum absolute atomic E-state index is 0.0793. The van der Waals surface area contributed by atoms with E-state index in [2.05, 4.69) is 120 Å². The van der Waals surface area contributed by atoms with Crippen LogP contribution in [0.5, 0.6) is 0 Å². The third-order valence-corrected chi connectivity index (χ3v) is 10.8. The molecular weight excluding hydrogens is 546 g/mol. The summed E-state index contributed by atoms with van der Waals surface area (Å²) in [6, 6.07) is 45.3. The molecule has 6 aromatic rings. The summed E-state index contributed by atoms with van der Waals surface area (Å²) in [6.07, 6.45) is 14.4. The molecule has 2 heteroatoms. The molecule has 2 aliphatic carbocycles. The number of nitrogens with zero attached hydrogens (tertiary/aromatic N) is 1. The Balaban J connectivity index is 1.21. The van der Waals surface area contributed by atoms with Crippen molar-refractivity contribution < 1.29 is 4.42 Å². The minimum atomic E-state index is 0.0793. The van der Waals surface area contributed by atoms with E-state index in [4.69, 9.17) is 4.42 Å². The molecule has 5 aromatic carbocycles. The highest BCUT2D eigenvalue weighted by Gasteiger charge is 2.34. The molecule has 45 heavy (non-hydrogen) atoms. The van der Waals surface area contributed by atoms with E-state index in [1.165, 1.54) is 104 Å². The van der Waals surface area contributed by atoms with Crippen LogP contribution in [-0.4, -0.2) is 0 Å². The summed E-state index contributed by atoms with van der Waals surface area (Å²) in [5.74, 6) is 0.696. The summed E-state index contributed by atoms with van der Waals surface area (Å²) in [6.45, 7) is 0. The molecule has 226 valence electrons. The quantitative estimate of drug-likeness (QED) is 0.180. The molecule has 0 spiro atoms. The Bertz CT molecular complexity index is 1870. The monoisotopic (exact) mass is 589 g/mol. The SMILES string of the molecule is c1ccc(C2(c3ccc(N(c4ccc(C5CCCCC5)cc4)c4ccc5c(c4)oc4ccccc45)cc3)CCCCCC2)cc1. The maximum absolute atomic E-state index is 6.36. The van der Waals surface area contributed by atoms with Gasteiger partial charge < -0.3 is 9.32 Å². The molecule has 0 saturated heterocycles. The lowest BCUT2D eigenvalue weighted by Crippen LogP contribution is -2.27. The molecule has 0 unspecified atom stereocenters. The lowest BCUT2D eigenvalue weighted by Gasteiger charge is -2.35. The molecule has 0 atom stereocenters. The molecular formula is C43H43NO. The average Bonchev–Trinajstić information content (AvgIpc) is 3.29. The van der Waals surface area contributed by atoms with Gasteiger partial charge in [0.1, 0.15) is 11.2 Å². The fraction of sp³-hybridized carbons (Fsp3) is 0.302. The summed E-state index contributed by atoms with van der Waals surface area (Å²) in [5.41, 5.74) is 9.82. The van der Waals surface area contributed by atoms with Gasteiger partial charge in [-0.3, -0.25) is 0 Å². The molecule has 1 heterocycles. The van der Waals surface area contributed by atoms with Crippen molar-refractivity contribution >= 4 is 39.0 Å². The van der Waals surface area contributed by atoms with Crippen molar-refractivity contribution in [1.29, 1.82) is 0 Å². The number of para-hydroxylation sites is 1. The lowest BCUT2D eigenvalue weighted by atomic mass is 9.69. The van der Waals surface area contributed by atoms with E-state index in [1.54, 1.807) is 0 Å². The number of hydrogen-bond acceptors (Lipinski definition) is 2. The molecule has 2 fully saturated rings. The van der Waals surface area contributed by atoms with Gasteiger partial charge in [-0.2, -0.15) is 0 Å². The van der Waals surface area contributed by atoms with Crippen LogP contribution in [0.15, 0.2) is 126 Å². The molecule has 1 aromatic heterocycles. The van der Waals surface area contributed by atoms with E-state index >= 15 is 0 Å². The first-order valence-electron chi connectivity index (χ1n) is 17.3. The Hall–Kier alpha value is -4.30. The maximum Gasteiger partial charge on any atom is 0.137 e. The van der Waals surface area contributed by atoms with E-state index in [0.29, 0.717) is 5.92 Å². The zero-order valence-electron chi connectivity index (χ0n) is 26.3. The molecule has 0 radical (unpaired) electrons. The lowest BCUT2D eigenvalue weighted by molar-refractivity contribution is 0.443. The topological polar surface area (TPSA) is 16.4 Å². The van der Waals surface area contributed by atoms with Crippen LogP contribution in [0.1, 0.15) is 93.2 Å². The van der Waals surface area contributed by atoms with Crippen molar-refractivity contribution in [2.45, 2.75) is 82.0 Å². The molecule has 2 nitrogen and oxygen atoms in total. The Kier molecular flexibility index (Phi) is 7.67. The van der Waals surface area contributed by atoms with Gasteiger partial charge in [-0.25, -0.2) is 0 Å². The van der Waals surface area contributed by atoms with Crippen LogP contribution in [0.2, 0.25) is 0 Å². The van der Waals surface area contributed by atoms with Crippen molar-refractivity contribution in [1.82, 2.24) is 0 Å². The Morgan fingerprint density at radius 2 is 1.07 bits per heavy atom. The Morgan fingerprint density at radius 3 is 1.80 bits per heavy atom. The van der Waals surface area contributed by atoms with Crippen LogP contribution in [0.3, 0.4) is 0 Å². The second-order valence-electron chi connectivity index (χ2n) is 13.4. The number of benzene rings is 5. The smallest absolute Gasteiger partial charge is 0.137 e. The van der Waals surface area contributed by atoms with E-state index in [1.807, 2.05) is 6.07 Å². The predicted octanol–water partition coefficient (Wildman–Crippen LogP) is 12.7. The molecule has 0 N–H and O–H groups in total. The number of rotatable bonds is 6. The third kappa shape index (κ3) is 5.35. The van der Waals surface area contributed by atoms with Crippen molar-refractivity contribution in [3.8, 4) is 0 Å². The van der Waals surface area contributed by atoms with Gasteiger partial charge in [-0.1, -0.05) is 118 Å². The van der Waals surface area contributed by atoms with Gasteiger partial charge in [-0.05, 0) is 90.8 Å². The van der Waals surface area contributed by atoms with Gasteiger partial charge in [0, 0.05) is 39.3 Å². The predicted molar refractivity (Wildman–Crippen MR) is 189 cm³/mol. The molecule has 0 bridgehead atoms. The highest BCUT2D eigenvalue weighted by atomic mass is 16.3. The van der Waals surface area contributed by atoms with Crippen LogP contribution in [-0.2, 0) is 5.41 Å². The van der Waals surface area contributed by atoms with Crippen LogP contribution >= 0.6 is 0 Å². The summed E-state index contributed by atoms with van der Waals surface area (Å²) in [5, 5.41) is 2.33. The average molecular weight is 590 g/mol. The fourth-order valence-electron chi connectivity index (χ4n) is 8.40. The molecule has 8 rings (SSSR count). The van der Waals surface area contributed by atoms with Crippen LogP contribution in [0, 0.1) is 0 Å². The van der Waals surface area contributed by atoms with Gasteiger partial charge in [0.25, 0.3) is 0 Å². The van der Waals surface area contributed by atoms with Crippen LogP contribution in [0.4, 0.5) is 17.1 Å². The number of anilines is 3. The summed E-state index contributed by atoms with van der Waals surface area (Å²) in [4.78, 5) is 2.41. The second kappa shape index (κ2) is 12.2. The van der Waals surface area contributed by atoms with Gasteiger partial charge in [-0.15, -0.1) is 0 Å². The van der Waals surface area contributed by atoms with Crippen LogP contribution in [0.25, 0.3) is 21.9 Å². The van der Waals surface area contributed by atoms with Crippen molar-refractivity contribution in [3.05, 3.63) is 138 Å². The summed E-state index contributed by atoms with van der Waals surface area (Å²) >= 11 is 0. The first-order chi connectivity index (χ1) is 22.3. The summed E-state index contributed by atoms with van der Waals surface area (Å²) < 4.78 is 6.36. The largest absolute Gasteiger partial charge is 0.456 e. The second-order valence-corrected chi connectivity index (χ2v) is 13.4. The highest BCUT2D eigenvalue weighted by Crippen LogP contribution is 2.46. The minimum Gasteiger partial charge on any atom is -0.456 e. The van der Waals surface area contributed by atoms with E-state index in [9.17, 15) is 0 Å². The summed E-state index contributed by atoms with van der Waals surface area (Å²) in [7, 11) is 0.